The molecular formula is C11H18N4O. The summed E-state index contributed by atoms with van der Waals surface area (Å²) in [5, 5.41) is 0. The van der Waals surface area contributed by atoms with E-state index >= 15 is 0 Å². The molecule has 0 N–H and O–H groups in total. The molecule has 88 valence electrons. The van der Waals surface area contributed by atoms with Gasteiger partial charge in [-0.15, -0.1) is 0 Å². The molecule has 0 bridgehead atoms. The van der Waals surface area contributed by atoms with Crippen LogP contribution in [0.2, 0.25) is 0 Å². The number of carbonyl (C=O) groups is 1. The summed E-state index contributed by atoms with van der Waals surface area (Å²) in [5.41, 5.74) is 0. The van der Waals surface area contributed by atoms with Gasteiger partial charge in [0.25, 0.3) is 0 Å². The van der Waals surface area contributed by atoms with Gasteiger partial charge < -0.3 is 9.47 Å². The summed E-state index contributed by atoms with van der Waals surface area (Å²) in [5.74, 6) is 0.189. The van der Waals surface area contributed by atoms with Crippen molar-refractivity contribution in [2.75, 3.05) is 32.7 Å². The van der Waals surface area contributed by atoms with E-state index in [2.05, 4.69) is 14.5 Å². The van der Waals surface area contributed by atoms with Crippen LogP contribution in [0, 0.1) is 0 Å². The van der Waals surface area contributed by atoms with E-state index < -0.39 is 0 Å². The highest BCUT2D eigenvalue weighted by atomic mass is 16.2. The molecule has 1 aliphatic heterocycles. The molecule has 1 amide bonds. The average Bonchev–Trinajstić information content (AvgIpc) is 2.80. The minimum absolute atomic E-state index is 0.189. The van der Waals surface area contributed by atoms with Crippen LogP contribution in [0.15, 0.2) is 18.7 Å². The molecular weight excluding hydrogens is 204 g/mol. The van der Waals surface area contributed by atoms with Gasteiger partial charge in [0.15, 0.2) is 0 Å². The topological polar surface area (TPSA) is 41.4 Å². The number of amides is 1. The largest absolute Gasteiger partial charge is 0.340 e. The summed E-state index contributed by atoms with van der Waals surface area (Å²) in [6, 6.07) is 0. The number of nitrogens with zero attached hydrogens (tertiary/aromatic N) is 4. The first-order valence-corrected chi connectivity index (χ1v) is 5.69. The summed E-state index contributed by atoms with van der Waals surface area (Å²) in [6.45, 7) is 7.32. The van der Waals surface area contributed by atoms with Crippen LogP contribution in [-0.4, -0.2) is 58.0 Å². The van der Waals surface area contributed by atoms with Crippen LogP contribution in [0.4, 0.5) is 0 Å². The fourth-order valence-corrected chi connectivity index (χ4v) is 1.96. The van der Waals surface area contributed by atoms with Crippen LogP contribution < -0.4 is 0 Å². The summed E-state index contributed by atoms with van der Waals surface area (Å²) in [7, 11) is 0. The summed E-state index contributed by atoms with van der Waals surface area (Å²) in [6.07, 6.45) is 5.62. The molecule has 0 aromatic carbocycles. The second-order valence-corrected chi connectivity index (χ2v) is 4.15. The van der Waals surface area contributed by atoms with E-state index in [1.165, 1.54) is 0 Å². The van der Waals surface area contributed by atoms with Crippen LogP contribution in [0.5, 0.6) is 0 Å². The number of imidazole rings is 1. The van der Waals surface area contributed by atoms with Crippen molar-refractivity contribution in [3.63, 3.8) is 0 Å². The molecule has 5 heteroatoms. The summed E-state index contributed by atoms with van der Waals surface area (Å²) < 4.78 is 2.08. The molecule has 1 aromatic rings. The molecule has 0 atom stereocenters. The second-order valence-electron chi connectivity index (χ2n) is 4.15. The average molecular weight is 222 g/mol. The first-order chi connectivity index (χ1) is 7.75. The van der Waals surface area contributed by atoms with Crippen molar-refractivity contribution in [1.82, 2.24) is 19.4 Å². The van der Waals surface area contributed by atoms with Crippen LogP contribution in [0.3, 0.4) is 0 Å². The molecule has 5 nitrogen and oxygen atoms in total. The number of carbonyl (C=O) groups excluding carboxylic acids is 1. The Balaban J connectivity index is 1.71. The molecule has 1 aliphatic rings. The third kappa shape index (κ3) is 2.82. The predicted octanol–water partition coefficient (Wildman–Crippen LogP) is 0.0472. The van der Waals surface area contributed by atoms with Crippen LogP contribution in [-0.2, 0) is 11.3 Å². The molecule has 1 saturated heterocycles. The molecule has 2 rings (SSSR count). The Hall–Kier alpha value is -1.36. The van der Waals surface area contributed by atoms with Crippen LogP contribution in [0.1, 0.15) is 6.92 Å². The van der Waals surface area contributed by atoms with Crippen LogP contribution >= 0.6 is 0 Å². The van der Waals surface area contributed by atoms with Crippen molar-refractivity contribution in [3.05, 3.63) is 18.7 Å². The first kappa shape index (κ1) is 11.1. The highest BCUT2D eigenvalue weighted by Crippen LogP contribution is 2.02. The maximum Gasteiger partial charge on any atom is 0.219 e. The molecule has 0 radical (unpaired) electrons. The molecule has 16 heavy (non-hydrogen) atoms. The maximum atomic E-state index is 11.1. The summed E-state index contributed by atoms with van der Waals surface area (Å²) >= 11 is 0. The van der Waals surface area contributed by atoms with Gasteiger partial charge in [-0.05, 0) is 0 Å². The van der Waals surface area contributed by atoms with Gasteiger partial charge in [0.2, 0.25) is 5.91 Å². The van der Waals surface area contributed by atoms with Crippen molar-refractivity contribution >= 4 is 5.91 Å². The highest BCUT2D eigenvalue weighted by molar-refractivity contribution is 5.73. The van der Waals surface area contributed by atoms with Crippen molar-refractivity contribution in [3.8, 4) is 0 Å². The third-order valence-corrected chi connectivity index (χ3v) is 3.05. The van der Waals surface area contributed by atoms with E-state index in [1.807, 2.05) is 17.4 Å². The zero-order valence-electron chi connectivity index (χ0n) is 9.67. The number of hydrogen-bond acceptors (Lipinski definition) is 3. The maximum absolute atomic E-state index is 11.1. The molecule has 1 fully saturated rings. The van der Waals surface area contributed by atoms with Crippen molar-refractivity contribution < 1.29 is 4.79 Å². The van der Waals surface area contributed by atoms with Gasteiger partial charge in [-0.25, -0.2) is 4.98 Å². The van der Waals surface area contributed by atoms with E-state index in [4.69, 9.17) is 0 Å². The molecule has 1 aromatic heterocycles. The Morgan fingerprint density at radius 2 is 2.00 bits per heavy atom. The van der Waals surface area contributed by atoms with Gasteiger partial charge in [-0.2, -0.15) is 0 Å². The minimum atomic E-state index is 0.189. The number of aromatic nitrogens is 2. The van der Waals surface area contributed by atoms with Crippen molar-refractivity contribution in [2.45, 2.75) is 13.5 Å². The van der Waals surface area contributed by atoms with Gasteiger partial charge in [-0.1, -0.05) is 0 Å². The standard InChI is InChI=1S/C11H18N4O/c1-11(16)15-8-6-13(7-9-15)4-5-14-3-2-12-10-14/h2-3,10H,4-9H2,1H3. The van der Waals surface area contributed by atoms with Gasteiger partial charge >= 0.3 is 0 Å². The molecule has 0 saturated carbocycles. The van der Waals surface area contributed by atoms with Gasteiger partial charge in [0.1, 0.15) is 0 Å². The lowest BCUT2D eigenvalue weighted by atomic mass is 10.3. The molecule has 2 heterocycles. The zero-order valence-corrected chi connectivity index (χ0v) is 9.67. The predicted molar refractivity (Wildman–Crippen MR) is 60.9 cm³/mol. The van der Waals surface area contributed by atoms with Gasteiger partial charge in [0.05, 0.1) is 6.33 Å². The Kier molecular flexibility index (Phi) is 3.56. The van der Waals surface area contributed by atoms with Gasteiger partial charge in [-0.3, -0.25) is 9.69 Å². The van der Waals surface area contributed by atoms with E-state index in [-0.39, 0.29) is 5.91 Å². The Morgan fingerprint density at radius 1 is 1.25 bits per heavy atom. The minimum Gasteiger partial charge on any atom is -0.340 e. The SMILES string of the molecule is CC(=O)N1CCN(CCn2ccnc2)CC1. The Morgan fingerprint density at radius 3 is 2.56 bits per heavy atom. The Labute approximate surface area is 95.7 Å². The number of hydrogen-bond donors (Lipinski definition) is 0. The van der Waals surface area contributed by atoms with Gasteiger partial charge in [0, 0.05) is 58.6 Å². The zero-order chi connectivity index (χ0) is 11.4. The Bertz CT molecular complexity index is 328. The third-order valence-electron chi connectivity index (χ3n) is 3.05. The molecule has 0 unspecified atom stereocenters. The summed E-state index contributed by atoms with van der Waals surface area (Å²) in [4.78, 5) is 19.5. The lowest BCUT2D eigenvalue weighted by Crippen LogP contribution is -2.48. The van der Waals surface area contributed by atoms with Crippen molar-refractivity contribution in [1.29, 1.82) is 0 Å². The second kappa shape index (κ2) is 5.12. The number of rotatable bonds is 3. The molecule has 0 aliphatic carbocycles. The van der Waals surface area contributed by atoms with Crippen LogP contribution in [0.25, 0.3) is 0 Å². The fourth-order valence-electron chi connectivity index (χ4n) is 1.96. The highest BCUT2D eigenvalue weighted by Gasteiger charge is 2.17. The van der Waals surface area contributed by atoms with Crippen molar-refractivity contribution in [2.24, 2.45) is 0 Å². The fraction of sp³-hybridized carbons (Fsp3) is 0.636. The number of piperazine rings is 1. The monoisotopic (exact) mass is 222 g/mol. The first-order valence-electron chi connectivity index (χ1n) is 5.69. The lowest BCUT2D eigenvalue weighted by Gasteiger charge is -2.34. The van der Waals surface area contributed by atoms with E-state index in [1.54, 1.807) is 13.1 Å². The lowest BCUT2D eigenvalue weighted by molar-refractivity contribution is -0.130. The smallest absolute Gasteiger partial charge is 0.219 e. The normalized spacial score (nSPS) is 17.7. The molecule has 0 spiro atoms. The van der Waals surface area contributed by atoms with E-state index in [0.29, 0.717) is 0 Å². The quantitative estimate of drug-likeness (QED) is 0.725. The van der Waals surface area contributed by atoms with E-state index in [0.717, 1.165) is 39.3 Å². The van der Waals surface area contributed by atoms with E-state index in [9.17, 15) is 4.79 Å².